The summed E-state index contributed by atoms with van der Waals surface area (Å²) >= 11 is 3.27. The SMILES string of the molecule is COc1nc2ncc(Br)cn2n1. The zero-order chi connectivity index (χ0) is 8.55. The van der Waals surface area contributed by atoms with Crippen LogP contribution >= 0.6 is 15.9 Å². The summed E-state index contributed by atoms with van der Waals surface area (Å²) in [7, 11) is 1.52. The van der Waals surface area contributed by atoms with Gasteiger partial charge in [-0.25, -0.2) is 4.98 Å². The van der Waals surface area contributed by atoms with Gasteiger partial charge in [0.2, 0.25) is 0 Å². The van der Waals surface area contributed by atoms with Crippen molar-refractivity contribution in [1.82, 2.24) is 19.6 Å². The van der Waals surface area contributed by atoms with E-state index in [1.165, 1.54) is 7.11 Å². The van der Waals surface area contributed by atoms with Crippen molar-refractivity contribution in [3.05, 3.63) is 16.9 Å². The lowest BCUT2D eigenvalue weighted by atomic mass is 10.7. The van der Waals surface area contributed by atoms with Crippen LogP contribution in [0.25, 0.3) is 5.78 Å². The first-order valence-corrected chi connectivity index (χ1v) is 4.01. The summed E-state index contributed by atoms with van der Waals surface area (Å²) in [5.41, 5.74) is 0. The highest BCUT2D eigenvalue weighted by Gasteiger charge is 2.03. The van der Waals surface area contributed by atoms with Gasteiger partial charge in [0.1, 0.15) is 0 Å². The predicted molar refractivity (Wildman–Crippen MR) is 45.0 cm³/mol. The predicted octanol–water partition coefficient (Wildman–Crippen LogP) is 0.895. The molecule has 2 heterocycles. The van der Waals surface area contributed by atoms with Crippen LogP contribution in [0.4, 0.5) is 0 Å². The molecule has 0 atom stereocenters. The Labute approximate surface area is 76.5 Å². The molecule has 0 saturated carbocycles. The third-order valence-electron chi connectivity index (χ3n) is 1.33. The van der Waals surface area contributed by atoms with E-state index in [1.54, 1.807) is 16.9 Å². The van der Waals surface area contributed by atoms with E-state index in [4.69, 9.17) is 4.74 Å². The fraction of sp³-hybridized carbons (Fsp3) is 0.167. The molecule has 0 N–H and O–H groups in total. The quantitative estimate of drug-likeness (QED) is 0.728. The molecular weight excluding hydrogens is 224 g/mol. The Balaban J connectivity index is 2.67. The number of hydrogen-bond acceptors (Lipinski definition) is 4. The van der Waals surface area contributed by atoms with Crippen LogP contribution in [0.2, 0.25) is 0 Å². The van der Waals surface area contributed by atoms with Crippen LogP contribution in [0.5, 0.6) is 6.01 Å². The molecule has 0 spiro atoms. The molecule has 12 heavy (non-hydrogen) atoms. The molecule has 0 aromatic carbocycles. The van der Waals surface area contributed by atoms with Gasteiger partial charge in [0.25, 0.3) is 5.78 Å². The molecular formula is C6H5BrN4O. The number of aromatic nitrogens is 4. The summed E-state index contributed by atoms with van der Waals surface area (Å²) in [5, 5.41) is 3.98. The molecule has 0 aliphatic carbocycles. The maximum Gasteiger partial charge on any atom is 0.337 e. The summed E-state index contributed by atoms with van der Waals surface area (Å²) in [6.45, 7) is 0. The number of ether oxygens (including phenoxy) is 1. The van der Waals surface area contributed by atoms with Gasteiger partial charge >= 0.3 is 6.01 Å². The highest BCUT2D eigenvalue weighted by molar-refractivity contribution is 9.10. The van der Waals surface area contributed by atoms with Crippen LogP contribution < -0.4 is 4.74 Å². The second-order valence-electron chi connectivity index (χ2n) is 2.12. The fourth-order valence-corrected chi connectivity index (χ4v) is 1.12. The van der Waals surface area contributed by atoms with Crippen LogP contribution in [0.15, 0.2) is 16.9 Å². The van der Waals surface area contributed by atoms with Gasteiger partial charge < -0.3 is 4.74 Å². The monoisotopic (exact) mass is 228 g/mol. The Hall–Kier alpha value is -1.17. The highest BCUT2D eigenvalue weighted by Crippen LogP contribution is 2.09. The molecule has 0 radical (unpaired) electrons. The third-order valence-corrected chi connectivity index (χ3v) is 1.73. The summed E-state index contributed by atoms with van der Waals surface area (Å²) in [4.78, 5) is 7.98. The lowest BCUT2D eigenvalue weighted by Gasteiger charge is -1.88. The summed E-state index contributed by atoms with van der Waals surface area (Å²) in [5.74, 6) is 0.523. The lowest BCUT2D eigenvalue weighted by molar-refractivity contribution is 0.380. The standard InChI is InChI=1S/C6H5BrN4O/c1-12-6-9-5-8-2-4(7)3-11(5)10-6/h2-3H,1H3. The van der Waals surface area contributed by atoms with Crippen LogP contribution in [0.1, 0.15) is 0 Å². The van der Waals surface area contributed by atoms with Gasteiger partial charge in [0.15, 0.2) is 0 Å². The smallest absolute Gasteiger partial charge is 0.337 e. The second kappa shape index (κ2) is 2.71. The molecule has 0 saturated heterocycles. The average molecular weight is 229 g/mol. The molecule has 0 bridgehead atoms. The van der Waals surface area contributed by atoms with Crippen molar-refractivity contribution < 1.29 is 4.74 Å². The lowest BCUT2D eigenvalue weighted by Crippen LogP contribution is -1.89. The Kier molecular flexibility index (Phi) is 1.69. The highest BCUT2D eigenvalue weighted by atomic mass is 79.9. The molecule has 5 nitrogen and oxygen atoms in total. The van der Waals surface area contributed by atoms with Gasteiger partial charge in [-0.15, -0.1) is 5.10 Å². The number of hydrogen-bond donors (Lipinski definition) is 0. The fourth-order valence-electron chi connectivity index (χ4n) is 0.827. The van der Waals surface area contributed by atoms with Gasteiger partial charge in [-0.05, 0) is 15.9 Å². The normalized spacial score (nSPS) is 10.5. The first-order chi connectivity index (χ1) is 5.79. The van der Waals surface area contributed by atoms with Crippen LogP contribution in [-0.2, 0) is 0 Å². The zero-order valence-electron chi connectivity index (χ0n) is 6.23. The minimum atomic E-state index is 0.320. The van der Waals surface area contributed by atoms with E-state index in [1.807, 2.05) is 0 Å². The van der Waals surface area contributed by atoms with Gasteiger partial charge in [-0.3, -0.25) is 0 Å². The Morgan fingerprint density at radius 3 is 3.17 bits per heavy atom. The Bertz CT molecular complexity index is 413. The number of methoxy groups -OCH3 is 1. The largest absolute Gasteiger partial charge is 0.466 e. The average Bonchev–Trinajstić information content (AvgIpc) is 2.46. The topological polar surface area (TPSA) is 52.3 Å². The van der Waals surface area contributed by atoms with E-state index >= 15 is 0 Å². The Morgan fingerprint density at radius 1 is 1.58 bits per heavy atom. The molecule has 0 aliphatic heterocycles. The number of nitrogens with zero attached hydrogens (tertiary/aromatic N) is 4. The van der Waals surface area contributed by atoms with E-state index in [-0.39, 0.29) is 0 Å². The molecule has 62 valence electrons. The van der Waals surface area contributed by atoms with Crippen LogP contribution in [0.3, 0.4) is 0 Å². The maximum atomic E-state index is 4.84. The van der Waals surface area contributed by atoms with Gasteiger partial charge in [0.05, 0.1) is 11.6 Å². The first kappa shape index (κ1) is 7.48. The van der Waals surface area contributed by atoms with Crippen molar-refractivity contribution in [2.45, 2.75) is 0 Å². The van der Waals surface area contributed by atoms with Crippen molar-refractivity contribution in [1.29, 1.82) is 0 Å². The van der Waals surface area contributed by atoms with Crippen molar-refractivity contribution >= 4 is 21.7 Å². The van der Waals surface area contributed by atoms with E-state index in [2.05, 4.69) is 31.0 Å². The zero-order valence-corrected chi connectivity index (χ0v) is 7.82. The van der Waals surface area contributed by atoms with Crippen molar-refractivity contribution in [3.8, 4) is 6.01 Å². The van der Waals surface area contributed by atoms with Gasteiger partial charge in [0, 0.05) is 12.4 Å². The van der Waals surface area contributed by atoms with Gasteiger partial charge in [-0.1, -0.05) is 0 Å². The molecule has 6 heteroatoms. The molecule has 2 aromatic heterocycles. The minimum Gasteiger partial charge on any atom is -0.466 e. The number of rotatable bonds is 1. The first-order valence-electron chi connectivity index (χ1n) is 3.21. The third kappa shape index (κ3) is 1.14. The van der Waals surface area contributed by atoms with E-state index in [9.17, 15) is 0 Å². The maximum absolute atomic E-state index is 4.84. The van der Waals surface area contributed by atoms with Crippen molar-refractivity contribution in [2.75, 3.05) is 7.11 Å². The summed E-state index contributed by atoms with van der Waals surface area (Å²) in [6, 6.07) is 0.320. The number of fused-ring (bicyclic) bond motifs is 1. The summed E-state index contributed by atoms with van der Waals surface area (Å²) in [6.07, 6.45) is 3.42. The molecule has 0 aliphatic rings. The van der Waals surface area contributed by atoms with Crippen molar-refractivity contribution in [2.24, 2.45) is 0 Å². The molecule has 0 unspecified atom stereocenters. The molecule has 0 amide bonds. The van der Waals surface area contributed by atoms with Crippen molar-refractivity contribution in [3.63, 3.8) is 0 Å². The summed E-state index contributed by atoms with van der Waals surface area (Å²) < 4.78 is 7.23. The molecule has 0 fully saturated rings. The molecule has 2 aromatic rings. The van der Waals surface area contributed by atoms with E-state index in [0.717, 1.165) is 4.47 Å². The van der Waals surface area contributed by atoms with E-state index in [0.29, 0.717) is 11.8 Å². The second-order valence-corrected chi connectivity index (χ2v) is 3.03. The Morgan fingerprint density at radius 2 is 2.42 bits per heavy atom. The minimum absolute atomic E-state index is 0.320. The van der Waals surface area contributed by atoms with Gasteiger partial charge in [-0.2, -0.15) is 9.50 Å². The van der Waals surface area contributed by atoms with E-state index < -0.39 is 0 Å². The van der Waals surface area contributed by atoms with Crippen LogP contribution in [0, 0.1) is 0 Å². The van der Waals surface area contributed by atoms with Crippen LogP contribution in [-0.4, -0.2) is 26.7 Å². The number of halogens is 1. The molecule has 2 rings (SSSR count).